The van der Waals surface area contributed by atoms with Gasteiger partial charge >= 0.3 is 0 Å². The molecule has 132 valence electrons. The number of para-hydroxylation sites is 1. The molecule has 4 rings (SSSR count). The Morgan fingerprint density at radius 3 is 2.54 bits per heavy atom. The number of aromatic nitrogens is 1. The minimum atomic E-state index is -0.287. The van der Waals surface area contributed by atoms with Crippen LogP contribution >= 0.6 is 11.3 Å². The van der Waals surface area contributed by atoms with Crippen molar-refractivity contribution in [3.63, 3.8) is 0 Å². The van der Waals surface area contributed by atoms with Crippen LogP contribution in [-0.4, -0.2) is 42.0 Å². The topological polar surface area (TPSA) is 36.4 Å². The molecule has 4 nitrogen and oxygen atoms in total. The first-order chi connectivity index (χ1) is 12.7. The van der Waals surface area contributed by atoms with Crippen LogP contribution in [-0.2, 0) is 4.79 Å². The zero-order valence-electron chi connectivity index (χ0n) is 14.1. The van der Waals surface area contributed by atoms with Gasteiger partial charge < -0.3 is 9.80 Å². The molecule has 2 heterocycles. The Morgan fingerprint density at radius 1 is 1.04 bits per heavy atom. The summed E-state index contributed by atoms with van der Waals surface area (Å²) in [5, 5.41) is 0.817. The summed E-state index contributed by atoms with van der Waals surface area (Å²) in [6.45, 7) is 2.67. The van der Waals surface area contributed by atoms with E-state index in [1.807, 2.05) is 47.4 Å². The molecule has 0 N–H and O–H groups in total. The highest BCUT2D eigenvalue weighted by Gasteiger charge is 2.22. The molecule has 3 aromatic rings. The molecule has 1 aromatic heterocycles. The van der Waals surface area contributed by atoms with E-state index in [0.717, 1.165) is 15.4 Å². The largest absolute Gasteiger partial charge is 0.345 e. The number of piperazine rings is 1. The number of nitrogens with zero attached hydrogens (tertiary/aromatic N) is 3. The van der Waals surface area contributed by atoms with E-state index in [1.165, 1.54) is 17.4 Å². The maximum Gasteiger partial charge on any atom is 0.246 e. The molecule has 0 spiro atoms. The monoisotopic (exact) mass is 367 g/mol. The van der Waals surface area contributed by atoms with Crippen molar-refractivity contribution in [2.75, 3.05) is 31.1 Å². The van der Waals surface area contributed by atoms with Gasteiger partial charge in [-0.3, -0.25) is 4.79 Å². The van der Waals surface area contributed by atoms with Crippen molar-refractivity contribution >= 4 is 38.7 Å². The number of carbonyl (C=O) groups is 1. The highest BCUT2D eigenvalue weighted by Crippen LogP contribution is 2.30. The Balaban J connectivity index is 1.39. The van der Waals surface area contributed by atoms with Crippen molar-refractivity contribution in [1.82, 2.24) is 9.88 Å². The first-order valence-electron chi connectivity index (χ1n) is 8.53. The summed E-state index contributed by atoms with van der Waals surface area (Å²) in [7, 11) is 0. The third-order valence-corrected chi connectivity index (χ3v) is 5.52. The number of benzene rings is 2. The fraction of sp³-hybridized carbons (Fsp3) is 0.200. The number of rotatable bonds is 3. The summed E-state index contributed by atoms with van der Waals surface area (Å²) >= 11 is 1.49. The van der Waals surface area contributed by atoms with Gasteiger partial charge in [-0.05, 0) is 23.8 Å². The molecule has 0 aliphatic carbocycles. The Labute approximate surface area is 155 Å². The molecule has 1 aliphatic heterocycles. The van der Waals surface area contributed by atoms with Crippen LogP contribution in [0, 0.1) is 5.82 Å². The number of halogens is 1. The van der Waals surface area contributed by atoms with Gasteiger partial charge in [-0.25, -0.2) is 9.37 Å². The van der Waals surface area contributed by atoms with E-state index in [9.17, 15) is 9.18 Å². The van der Waals surface area contributed by atoms with Gasteiger partial charge in [0.15, 0.2) is 5.13 Å². The van der Waals surface area contributed by atoms with Crippen LogP contribution in [0.25, 0.3) is 16.3 Å². The predicted octanol–water partition coefficient (Wildman–Crippen LogP) is 3.80. The zero-order valence-corrected chi connectivity index (χ0v) is 15.0. The summed E-state index contributed by atoms with van der Waals surface area (Å²) in [6, 6.07) is 14.8. The molecule has 0 radical (unpaired) electrons. The molecule has 1 fully saturated rings. The number of anilines is 1. The standard InChI is InChI=1S/C20H18FN3OS/c21-16-7-4-8-17-19(16)22-20(26-17)24-13-11-23(12-14-24)18(25)10-9-15-5-2-1-3-6-15/h1-10H,11-14H2. The van der Waals surface area contributed by atoms with Crippen LogP contribution in [0.15, 0.2) is 54.6 Å². The maximum absolute atomic E-state index is 13.8. The normalized spacial score (nSPS) is 15.1. The van der Waals surface area contributed by atoms with Crippen molar-refractivity contribution in [1.29, 1.82) is 0 Å². The second-order valence-corrected chi connectivity index (χ2v) is 7.15. The van der Waals surface area contributed by atoms with Crippen molar-refractivity contribution in [2.24, 2.45) is 0 Å². The van der Waals surface area contributed by atoms with Gasteiger partial charge in [-0.2, -0.15) is 0 Å². The van der Waals surface area contributed by atoms with E-state index in [0.29, 0.717) is 31.7 Å². The Bertz CT molecular complexity index is 946. The highest BCUT2D eigenvalue weighted by molar-refractivity contribution is 7.22. The molecule has 26 heavy (non-hydrogen) atoms. The van der Waals surface area contributed by atoms with Crippen molar-refractivity contribution in [3.8, 4) is 0 Å². The molecule has 2 aromatic carbocycles. The summed E-state index contributed by atoms with van der Waals surface area (Å²) in [6.07, 6.45) is 3.46. The molecule has 0 bridgehead atoms. The van der Waals surface area contributed by atoms with Gasteiger partial charge in [-0.15, -0.1) is 0 Å². The quantitative estimate of drug-likeness (QED) is 0.661. The SMILES string of the molecule is O=C(C=Cc1ccccc1)N1CCN(c2nc3c(F)cccc3s2)CC1. The zero-order chi connectivity index (χ0) is 17.9. The van der Waals surface area contributed by atoms with E-state index in [2.05, 4.69) is 9.88 Å². The molecule has 0 saturated carbocycles. The molecule has 1 saturated heterocycles. The number of amides is 1. The summed E-state index contributed by atoms with van der Waals surface area (Å²) < 4.78 is 14.7. The molecule has 1 amide bonds. The van der Waals surface area contributed by atoms with Gasteiger partial charge in [0.1, 0.15) is 11.3 Å². The van der Waals surface area contributed by atoms with E-state index in [-0.39, 0.29) is 11.7 Å². The Morgan fingerprint density at radius 2 is 1.81 bits per heavy atom. The lowest BCUT2D eigenvalue weighted by molar-refractivity contribution is -0.126. The van der Waals surface area contributed by atoms with Crippen molar-refractivity contribution < 1.29 is 9.18 Å². The van der Waals surface area contributed by atoms with E-state index in [1.54, 1.807) is 12.1 Å². The van der Waals surface area contributed by atoms with E-state index in [4.69, 9.17) is 0 Å². The maximum atomic E-state index is 13.8. The van der Waals surface area contributed by atoms with Gasteiger partial charge in [0.05, 0.1) is 4.70 Å². The third kappa shape index (κ3) is 3.46. The van der Waals surface area contributed by atoms with Gasteiger partial charge in [-0.1, -0.05) is 47.7 Å². The van der Waals surface area contributed by atoms with Crippen LogP contribution in [0.3, 0.4) is 0 Å². The highest BCUT2D eigenvalue weighted by atomic mass is 32.1. The average molecular weight is 367 g/mol. The fourth-order valence-corrected chi connectivity index (χ4v) is 4.03. The summed E-state index contributed by atoms with van der Waals surface area (Å²) in [4.78, 5) is 20.7. The van der Waals surface area contributed by atoms with Crippen LogP contribution in [0.1, 0.15) is 5.56 Å². The molecule has 1 aliphatic rings. The third-order valence-electron chi connectivity index (χ3n) is 4.44. The van der Waals surface area contributed by atoms with E-state index < -0.39 is 0 Å². The van der Waals surface area contributed by atoms with Crippen LogP contribution in [0.5, 0.6) is 0 Å². The molecular formula is C20H18FN3OS. The lowest BCUT2D eigenvalue weighted by Crippen LogP contribution is -2.48. The number of thiazole rings is 1. The van der Waals surface area contributed by atoms with Crippen molar-refractivity contribution in [3.05, 3.63) is 66.0 Å². The summed E-state index contributed by atoms with van der Waals surface area (Å²) in [5.74, 6) is -0.270. The number of fused-ring (bicyclic) bond motifs is 1. The second kappa shape index (κ2) is 7.25. The minimum Gasteiger partial charge on any atom is -0.345 e. The summed E-state index contributed by atoms with van der Waals surface area (Å²) in [5.41, 5.74) is 1.44. The fourth-order valence-electron chi connectivity index (χ4n) is 2.99. The van der Waals surface area contributed by atoms with Crippen LogP contribution in [0.4, 0.5) is 9.52 Å². The molecule has 0 unspecified atom stereocenters. The van der Waals surface area contributed by atoms with Gasteiger partial charge in [0.2, 0.25) is 5.91 Å². The van der Waals surface area contributed by atoms with Crippen LogP contribution < -0.4 is 4.90 Å². The lowest BCUT2D eigenvalue weighted by Gasteiger charge is -2.34. The van der Waals surface area contributed by atoms with Crippen molar-refractivity contribution in [2.45, 2.75) is 0 Å². The first-order valence-corrected chi connectivity index (χ1v) is 9.34. The molecular weight excluding hydrogens is 349 g/mol. The van der Waals surface area contributed by atoms with Gasteiger partial charge in [0, 0.05) is 32.3 Å². The predicted molar refractivity (Wildman–Crippen MR) is 104 cm³/mol. The number of carbonyl (C=O) groups excluding carboxylic acids is 1. The van der Waals surface area contributed by atoms with Gasteiger partial charge in [0.25, 0.3) is 0 Å². The van der Waals surface area contributed by atoms with Crippen LogP contribution in [0.2, 0.25) is 0 Å². The Kier molecular flexibility index (Phi) is 4.67. The first kappa shape index (κ1) is 16.7. The molecule has 6 heteroatoms. The molecule has 0 atom stereocenters. The minimum absolute atomic E-state index is 0.0175. The second-order valence-electron chi connectivity index (χ2n) is 6.14. The smallest absolute Gasteiger partial charge is 0.246 e. The number of hydrogen-bond donors (Lipinski definition) is 0. The average Bonchev–Trinajstić information content (AvgIpc) is 3.13. The number of hydrogen-bond acceptors (Lipinski definition) is 4. The Hall–Kier alpha value is -2.73. The lowest BCUT2D eigenvalue weighted by atomic mass is 10.2. The van der Waals surface area contributed by atoms with E-state index >= 15 is 0 Å².